The molecule has 1 fully saturated rings. The summed E-state index contributed by atoms with van der Waals surface area (Å²) in [5.41, 5.74) is 1.50. The van der Waals surface area contributed by atoms with E-state index in [1.54, 1.807) is 21.8 Å². The van der Waals surface area contributed by atoms with Gasteiger partial charge in [-0.1, -0.05) is 6.07 Å². The maximum absolute atomic E-state index is 14.3. The van der Waals surface area contributed by atoms with Gasteiger partial charge in [-0.05, 0) is 31.0 Å². The van der Waals surface area contributed by atoms with Crippen LogP contribution in [0.25, 0.3) is 11.1 Å². The number of hydrogen-bond acceptors (Lipinski definition) is 4. The average Bonchev–Trinajstić information content (AvgIpc) is 3.23. The quantitative estimate of drug-likeness (QED) is 0.872. The van der Waals surface area contributed by atoms with Crippen molar-refractivity contribution >= 4 is 5.91 Å². The Kier molecular flexibility index (Phi) is 4.47. The number of nitrogens with one attached hydrogen (secondary N) is 1. The second-order valence-corrected chi connectivity index (χ2v) is 5.78. The normalized spacial score (nSPS) is 16.9. The molecule has 0 bridgehead atoms. The highest BCUT2D eigenvalue weighted by Crippen LogP contribution is 2.22. The van der Waals surface area contributed by atoms with E-state index in [-0.39, 0.29) is 11.6 Å². The first-order valence-electron chi connectivity index (χ1n) is 7.88. The van der Waals surface area contributed by atoms with Crippen LogP contribution in [0.1, 0.15) is 23.7 Å². The van der Waals surface area contributed by atoms with Crippen LogP contribution in [0.15, 0.2) is 30.6 Å². The average molecular weight is 327 g/mol. The Morgan fingerprint density at radius 3 is 2.96 bits per heavy atom. The summed E-state index contributed by atoms with van der Waals surface area (Å²) >= 11 is 0. The summed E-state index contributed by atoms with van der Waals surface area (Å²) in [4.78, 5) is 13.8. The molecule has 6 nitrogen and oxygen atoms in total. The first-order chi connectivity index (χ1) is 11.6. The fraction of sp³-hybridized carbons (Fsp3) is 0.353. The van der Waals surface area contributed by atoms with E-state index in [1.165, 1.54) is 12.1 Å². The Morgan fingerprint density at radius 2 is 2.33 bits per heavy atom. The number of hydrogen-bond donors (Lipinski definition) is 1. The van der Waals surface area contributed by atoms with Crippen LogP contribution in [0.4, 0.5) is 4.39 Å². The van der Waals surface area contributed by atoms with E-state index in [4.69, 9.17) is 5.26 Å². The zero-order valence-corrected chi connectivity index (χ0v) is 13.4. The topological polar surface area (TPSA) is 74.0 Å². The first kappa shape index (κ1) is 16.0. The van der Waals surface area contributed by atoms with Crippen molar-refractivity contribution < 1.29 is 9.18 Å². The molecule has 124 valence electrons. The van der Waals surface area contributed by atoms with E-state index in [2.05, 4.69) is 16.6 Å². The smallest absolute Gasteiger partial charge is 0.254 e. The third-order valence-corrected chi connectivity index (χ3v) is 4.17. The van der Waals surface area contributed by atoms with Crippen molar-refractivity contribution in [3.63, 3.8) is 0 Å². The number of aryl methyl sites for hydroxylation is 1. The fourth-order valence-corrected chi connectivity index (χ4v) is 2.80. The number of carbonyl (C=O) groups excluding carboxylic acids is 1. The molecular formula is C17H18FN5O. The lowest BCUT2D eigenvalue weighted by Crippen LogP contribution is -2.36. The molecule has 1 N–H and O–H groups in total. The van der Waals surface area contributed by atoms with Gasteiger partial charge >= 0.3 is 0 Å². The zero-order valence-electron chi connectivity index (χ0n) is 13.4. The van der Waals surface area contributed by atoms with Crippen molar-refractivity contribution in [2.24, 2.45) is 0 Å². The van der Waals surface area contributed by atoms with E-state index in [1.807, 2.05) is 13.1 Å². The van der Waals surface area contributed by atoms with Gasteiger partial charge in [0.2, 0.25) is 0 Å². The molecule has 24 heavy (non-hydrogen) atoms. The van der Waals surface area contributed by atoms with Crippen LogP contribution < -0.4 is 5.32 Å². The van der Waals surface area contributed by atoms with Crippen molar-refractivity contribution in [3.05, 3.63) is 42.0 Å². The van der Waals surface area contributed by atoms with Crippen LogP contribution in [0.3, 0.4) is 0 Å². The molecule has 0 spiro atoms. The molecule has 1 aliphatic rings. The van der Waals surface area contributed by atoms with E-state index in [0.717, 1.165) is 12.1 Å². The van der Waals surface area contributed by atoms with Gasteiger partial charge in [-0.2, -0.15) is 10.4 Å². The monoisotopic (exact) mass is 327 g/mol. The molecule has 7 heteroatoms. The maximum atomic E-state index is 14.3. The number of benzene rings is 1. The molecule has 0 unspecified atom stereocenters. The highest BCUT2D eigenvalue weighted by molar-refractivity contribution is 5.95. The molecule has 1 atom stereocenters. The molecule has 3 rings (SSSR count). The lowest BCUT2D eigenvalue weighted by molar-refractivity contribution is 0.0935. The highest BCUT2D eigenvalue weighted by atomic mass is 19.1. The van der Waals surface area contributed by atoms with Gasteiger partial charge in [-0.25, -0.2) is 4.39 Å². The number of amides is 1. The minimum absolute atomic E-state index is 0.0111. The van der Waals surface area contributed by atoms with Gasteiger partial charge < -0.3 is 10.2 Å². The van der Waals surface area contributed by atoms with Crippen LogP contribution in [-0.4, -0.2) is 39.7 Å². The third-order valence-electron chi connectivity index (χ3n) is 4.17. The van der Waals surface area contributed by atoms with E-state index in [0.29, 0.717) is 25.1 Å². The Labute approximate surface area is 139 Å². The molecule has 1 amide bonds. The highest BCUT2D eigenvalue weighted by Gasteiger charge is 2.24. The van der Waals surface area contributed by atoms with Gasteiger partial charge in [0.15, 0.2) is 6.19 Å². The standard InChI is InChI=1S/C17H18FN5O/c1-2-23-9-13(8-20-23)12-3-4-15(16(18)7-12)17(24)21-14-5-6-22(10-14)11-19/h3-4,7-9,14H,2,5-6,10H2,1H3,(H,21,24)/t14-/m1/s1. The van der Waals surface area contributed by atoms with Crippen molar-refractivity contribution in [2.75, 3.05) is 13.1 Å². The molecule has 2 heterocycles. The summed E-state index contributed by atoms with van der Waals surface area (Å²) in [7, 11) is 0. The first-order valence-corrected chi connectivity index (χ1v) is 7.88. The van der Waals surface area contributed by atoms with Gasteiger partial charge in [-0.15, -0.1) is 0 Å². The molecule has 2 aromatic rings. The van der Waals surface area contributed by atoms with Gasteiger partial charge in [-0.3, -0.25) is 9.48 Å². The summed E-state index contributed by atoms with van der Waals surface area (Å²) in [5.74, 6) is -1.02. The number of aromatic nitrogens is 2. The van der Waals surface area contributed by atoms with Gasteiger partial charge in [0.25, 0.3) is 5.91 Å². The summed E-state index contributed by atoms with van der Waals surface area (Å²) in [6, 6.07) is 4.42. The lowest BCUT2D eigenvalue weighted by Gasteiger charge is -2.13. The Hall–Kier alpha value is -2.88. The number of carbonyl (C=O) groups is 1. The molecular weight excluding hydrogens is 309 g/mol. The van der Waals surface area contributed by atoms with Crippen LogP contribution >= 0.6 is 0 Å². The van der Waals surface area contributed by atoms with Crippen LogP contribution in [-0.2, 0) is 6.54 Å². The summed E-state index contributed by atoms with van der Waals surface area (Å²) in [6.07, 6.45) is 6.25. The predicted molar refractivity (Wildman–Crippen MR) is 86.4 cm³/mol. The van der Waals surface area contributed by atoms with Crippen LogP contribution in [0.5, 0.6) is 0 Å². The third kappa shape index (κ3) is 3.23. The fourth-order valence-electron chi connectivity index (χ4n) is 2.80. The maximum Gasteiger partial charge on any atom is 0.254 e. The van der Waals surface area contributed by atoms with Crippen molar-refractivity contribution in [1.82, 2.24) is 20.0 Å². The molecule has 0 saturated carbocycles. The summed E-state index contributed by atoms with van der Waals surface area (Å²) in [6.45, 7) is 3.80. The van der Waals surface area contributed by atoms with Crippen molar-refractivity contribution in [2.45, 2.75) is 25.9 Å². The van der Waals surface area contributed by atoms with E-state index in [9.17, 15) is 9.18 Å². The number of nitrogens with zero attached hydrogens (tertiary/aromatic N) is 4. The molecule has 1 aromatic carbocycles. The van der Waals surface area contributed by atoms with E-state index < -0.39 is 11.7 Å². The van der Waals surface area contributed by atoms with Crippen molar-refractivity contribution in [1.29, 1.82) is 5.26 Å². The number of halogens is 1. The molecule has 1 saturated heterocycles. The molecule has 1 aromatic heterocycles. The van der Waals surface area contributed by atoms with Gasteiger partial charge in [0.1, 0.15) is 5.82 Å². The Balaban J connectivity index is 1.72. The van der Waals surface area contributed by atoms with Gasteiger partial charge in [0.05, 0.1) is 11.8 Å². The Bertz CT molecular complexity index is 795. The molecule has 0 aliphatic carbocycles. The van der Waals surface area contributed by atoms with Crippen molar-refractivity contribution in [3.8, 4) is 17.3 Å². The lowest BCUT2D eigenvalue weighted by atomic mass is 10.1. The largest absolute Gasteiger partial charge is 0.347 e. The zero-order chi connectivity index (χ0) is 17.1. The number of rotatable bonds is 4. The minimum Gasteiger partial charge on any atom is -0.347 e. The minimum atomic E-state index is -0.565. The summed E-state index contributed by atoms with van der Waals surface area (Å²) < 4.78 is 16.1. The second kappa shape index (κ2) is 6.71. The summed E-state index contributed by atoms with van der Waals surface area (Å²) in [5, 5.41) is 15.8. The van der Waals surface area contributed by atoms with Crippen LogP contribution in [0, 0.1) is 17.3 Å². The molecule has 1 aliphatic heterocycles. The van der Waals surface area contributed by atoms with Gasteiger partial charge in [0, 0.05) is 37.4 Å². The van der Waals surface area contributed by atoms with Crippen LogP contribution in [0.2, 0.25) is 0 Å². The SMILES string of the molecule is CCn1cc(-c2ccc(C(=O)N[C@@H]3CCN(C#N)C3)c(F)c2)cn1. The van der Waals surface area contributed by atoms with E-state index >= 15 is 0 Å². The molecule has 0 radical (unpaired) electrons. The number of likely N-dealkylation sites (tertiary alicyclic amines) is 1. The predicted octanol–water partition coefficient (Wildman–Crippen LogP) is 1.99. The second-order valence-electron chi connectivity index (χ2n) is 5.78. The Morgan fingerprint density at radius 1 is 1.50 bits per heavy atom. The number of nitriles is 1.